The lowest BCUT2D eigenvalue weighted by atomic mass is 9.96. The van der Waals surface area contributed by atoms with E-state index in [4.69, 9.17) is 9.47 Å². The molecular formula is C28H23N3O5. The van der Waals surface area contributed by atoms with Gasteiger partial charge >= 0.3 is 0 Å². The Labute approximate surface area is 205 Å². The van der Waals surface area contributed by atoms with Gasteiger partial charge in [0.25, 0.3) is 11.8 Å². The molecule has 0 radical (unpaired) electrons. The van der Waals surface area contributed by atoms with Crippen molar-refractivity contribution >= 4 is 55.4 Å². The molecule has 8 nitrogen and oxygen atoms in total. The molecule has 0 spiro atoms. The minimum absolute atomic E-state index is 0.278. The normalized spacial score (nSPS) is 24.1. The molecule has 8 heteroatoms. The van der Waals surface area contributed by atoms with Crippen molar-refractivity contribution in [2.45, 2.75) is 37.9 Å². The molecule has 0 bridgehead atoms. The zero-order valence-corrected chi connectivity index (χ0v) is 19.4. The maximum Gasteiger partial charge on any atom is 0.259 e. The van der Waals surface area contributed by atoms with E-state index in [2.05, 4.69) is 16.9 Å². The molecule has 4 atom stereocenters. The van der Waals surface area contributed by atoms with Gasteiger partial charge in [-0.15, -0.1) is 0 Å². The van der Waals surface area contributed by atoms with Gasteiger partial charge in [0.2, 0.25) is 0 Å². The van der Waals surface area contributed by atoms with E-state index >= 15 is 0 Å². The number of aliphatic hydroxyl groups excluding tert-OH is 1. The minimum Gasteiger partial charge on any atom is -0.493 e. The van der Waals surface area contributed by atoms with Crippen LogP contribution in [0.1, 0.15) is 40.3 Å². The van der Waals surface area contributed by atoms with Gasteiger partial charge in [-0.2, -0.15) is 0 Å². The van der Waals surface area contributed by atoms with Gasteiger partial charge in [-0.1, -0.05) is 43.0 Å². The molecule has 2 aliphatic heterocycles. The predicted molar refractivity (Wildman–Crippen MR) is 136 cm³/mol. The maximum absolute atomic E-state index is 13.2. The molecule has 3 N–H and O–H groups in total. The van der Waals surface area contributed by atoms with Gasteiger partial charge in [-0.3, -0.25) is 14.9 Å². The summed E-state index contributed by atoms with van der Waals surface area (Å²) in [6.45, 7) is 5.47. The number of amides is 2. The van der Waals surface area contributed by atoms with Crippen LogP contribution in [-0.2, 0) is 9.47 Å². The van der Waals surface area contributed by atoms with Crippen LogP contribution in [0.3, 0.4) is 0 Å². The standard InChI is InChI=1S/C28H23N3O5/c1-3-35-26-13(2)36-19(12-18(26)32)31-17-11-7-5-9-15(17)21-23-22(27(33)30-28(23)34)20-14-8-4-6-10-16(14)29-24(20)25(21)31/h3-11,13,18-19,26,29,32H,1,12H2,2H3,(H,30,33,34)/t13-,18-,19+,26-/m0/s1. The quantitative estimate of drug-likeness (QED) is 0.260. The third-order valence-corrected chi connectivity index (χ3v) is 7.48. The third-order valence-electron chi connectivity index (χ3n) is 7.48. The summed E-state index contributed by atoms with van der Waals surface area (Å²) in [6, 6.07) is 15.5. The van der Waals surface area contributed by atoms with Crippen LogP contribution in [0.2, 0.25) is 0 Å². The second-order valence-corrected chi connectivity index (χ2v) is 9.43. The number of ether oxygens (including phenoxy) is 2. The van der Waals surface area contributed by atoms with E-state index in [1.807, 2.05) is 60.0 Å². The summed E-state index contributed by atoms with van der Waals surface area (Å²) in [6.07, 6.45) is -0.666. The van der Waals surface area contributed by atoms with Gasteiger partial charge in [-0.25, -0.2) is 0 Å². The van der Waals surface area contributed by atoms with Gasteiger partial charge in [-0.05, 0) is 19.1 Å². The van der Waals surface area contributed by atoms with Crippen molar-refractivity contribution in [2.24, 2.45) is 0 Å². The van der Waals surface area contributed by atoms with Gasteiger partial charge in [0, 0.05) is 33.5 Å². The number of nitrogens with one attached hydrogen (secondary N) is 2. The highest BCUT2D eigenvalue weighted by Gasteiger charge is 2.40. The monoisotopic (exact) mass is 481 g/mol. The Kier molecular flexibility index (Phi) is 4.37. The lowest BCUT2D eigenvalue weighted by Crippen LogP contribution is -2.46. The number of hydrogen-bond donors (Lipinski definition) is 3. The molecule has 0 unspecified atom stereocenters. The number of carbonyl (C=O) groups is 2. The molecule has 0 aliphatic carbocycles. The Balaban J connectivity index is 1.63. The van der Waals surface area contributed by atoms with E-state index in [0.717, 1.165) is 32.8 Å². The highest BCUT2D eigenvalue weighted by atomic mass is 16.6. The first-order chi connectivity index (χ1) is 17.5. The summed E-state index contributed by atoms with van der Waals surface area (Å²) < 4.78 is 14.0. The van der Waals surface area contributed by atoms with E-state index in [9.17, 15) is 14.7 Å². The molecule has 3 aromatic carbocycles. The van der Waals surface area contributed by atoms with Crippen LogP contribution in [0.4, 0.5) is 0 Å². The number of para-hydroxylation sites is 2. The van der Waals surface area contributed by atoms with Gasteiger partial charge in [0.1, 0.15) is 12.3 Å². The smallest absolute Gasteiger partial charge is 0.259 e. The predicted octanol–water partition coefficient (Wildman–Crippen LogP) is 4.51. The topological polar surface area (TPSA) is 106 Å². The van der Waals surface area contributed by atoms with Crippen LogP contribution in [0.25, 0.3) is 43.6 Å². The number of rotatable bonds is 3. The molecule has 180 valence electrons. The van der Waals surface area contributed by atoms with Gasteiger partial charge < -0.3 is 24.1 Å². The number of nitrogens with zero attached hydrogens (tertiary/aromatic N) is 1. The van der Waals surface area contributed by atoms with E-state index in [1.54, 1.807) is 0 Å². The zero-order valence-electron chi connectivity index (χ0n) is 19.4. The number of hydrogen-bond acceptors (Lipinski definition) is 5. The number of aromatic nitrogens is 2. The fourth-order valence-electron chi connectivity index (χ4n) is 6.09. The lowest BCUT2D eigenvalue weighted by molar-refractivity contribution is -0.184. The third kappa shape index (κ3) is 2.65. The SMILES string of the molecule is C=CO[C@H]1[C@H](C)O[C@@H](n2c3ccccc3c3c4c(c5c6ccccc6[nH]c5c32)C(=O)NC4=O)C[C@@H]1O. The first-order valence-electron chi connectivity index (χ1n) is 11.9. The molecule has 1 fully saturated rings. The minimum atomic E-state index is -0.787. The highest BCUT2D eigenvalue weighted by Crippen LogP contribution is 2.46. The molecule has 2 amide bonds. The molecular weight excluding hydrogens is 458 g/mol. The fourth-order valence-corrected chi connectivity index (χ4v) is 6.09. The van der Waals surface area contributed by atoms with Crippen LogP contribution < -0.4 is 5.32 Å². The van der Waals surface area contributed by atoms with Crippen LogP contribution >= 0.6 is 0 Å². The van der Waals surface area contributed by atoms with Crippen molar-refractivity contribution in [1.29, 1.82) is 0 Å². The Morgan fingerprint density at radius 3 is 2.50 bits per heavy atom. The largest absolute Gasteiger partial charge is 0.493 e. The first kappa shape index (κ1) is 21.2. The second kappa shape index (κ2) is 7.43. The number of H-pyrrole nitrogens is 1. The summed E-state index contributed by atoms with van der Waals surface area (Å²) in [5.41, 5.74) is 3.99. The number of aliphatic hydroxyl groups is 1. The summed E-state index contributed by atoms with van der Waals surface area (Å²) >= 11 is 0. The number of imide groups is 1. The van der Waals surface area contributed by atoms with Crippen molar-refractivity contribution in [3.8, 4) is 0 Å². The molecule has 36 heavy (non-hydrogen) atoms. The molecule has 1 saturated heterocycles. The van der Waals surface area contributed by atoms with E-state index < -0.39 is 36.4 Å². The summed E-state index contributed by atoms with van der Waals surface area (Å²) in [5, 5.41) is 16.6. The molecule has 7 rings (SSSR count). The molecule has 5 aromatic rings. The van der Waals surface area contributed by atoms with Crippen molar-refractivity contribution in [2.75, 3.05) is 0 Å². The first-order valence-corrected chi connectivity index (χ1v) is 11.9. The Morgan fingerprint density at radius 1 is 1.06 bits per heavy atom. The lowest BCUT2D eigenvalue weighted by Gasteiger charge is -2.38. The highest BCUT2D eigenvalue weighted by molar-refractivity contribution is 6.39. The van der Waals surface area contributed by atoms with E-state index in [-0.39, 0.29) is 6.42 Å². The van der Waals surface area contributed by atoms with E-state index in [0.29, 0.717) is 21.9 Å². The average molecular weight is 482 g/mol. The van der Waals surface area contributed by atoms with Gasteiger partial charge in [0.05, 0.1) is 46.1 Å². The van der Waals surface area contributed by atoms with Crippen molar-refractivity contribution < 1.29 is 24.2 Å². The van der Waals surface area contributed by atoms with Crippen molar-refractivity contribution in [3.05, 3.63) is 72.5 Å². The second-order valence-electron chi connectivity index (χ2n) is 9.43. The van der Waals surface area contributed by atoms with Crippen molar-refractivity contribution in [3.63, 3.8) is 0 Å². The van der Waals surface area contributed by atoms with E-state index in [1.165, 1.54) is 6.26 Å². The van der Waals surface area contributed by atoms with Crippen LogP contribution in [-0.4, -0.2) is 44.8 Å². The maximum atomic E-state index is 13.2. The number of fused-ring (bicyclic) bond motifs is 10. The van der Waals surface area contributed by atoms with Gasteiger partial charge in [0.15, 0.2) is 0 Å². The number of benzene rings is 3. The number of aromatic amines is 1. The Hall–Kier alpha value is -4.14. The summed E-state index contributed by atoms with van der Waals surface area (Å²) in [7, 11) is 0. The summed E-state index contributed by atoms with van der Waals surface area (Å²) in [5.74, 6) is -0.807. The van der Waals surface area contributed by atoms with Crippen LogP contribution in [0.5, 0.6) is 0 Å². The van der Waals surface area contributed by atoms with Crippen molar-refractivity contribution in [1.82, 2.24) is 14.9 Å². The average Bonchev–Trinajstić information content (AvgIpc) is 3.50. The molecule has 2 aromatic heterocycles. The van der Waals surface area contributed by atoms with Crippen LogP contribution in [0.15, 0.2) is 61.4 Å². The Bertz CT molecular complexity index is 1750. The zero-order chi connectivity index (χ0) is 24.7. The Morgan fingerprint density at radius 2 is 1.75 bits per heavy atom. The van der Waals surface area contributed by atoms with Crippen LogP contribution in [0, 0.1) is 0 Å². The fraction of sp³-hybridized carbons (Fsp3) is 0.214. The number of carbonyl (C=O) groups excluding carboxylic acids is 2. The molecule has 2 aliphatic rings. The summed E-state index contributed by atoms with van der Waals surface area (Å²) in [4.78, 5) is 29.8. The molecule has 0 saturated carbocycles. The molecule has 4 heterocycles.